The maximum absolute atomic E-state index is 11.0. The van der Waals surface area contributed by atoms with E-state index in [4.69, 9.17) is 4.74 Å². The summed E-state index contributed by atoms with van der Waals surface area (Å²) in [5.74, 6) is 0.196. The molecule has 0 amide bonds. The van der Waals surface area contributed by atoms with Crippen molar-refractivity contribution in [2.75, 3.05) is 7.11 Å². The first-order chi connectivity index (χ1) is 6.29. The van der Waals surface area contributed by atoms with Gasteiger partial charge in [-0.15, -0.1) is 0 Å². The minimum atomic E-state index is 0.196. The first-order valence-corrected chi connectivity index (χ1v) is 4.91. The van der Waals surface area contributed by atoms with Crippen LogP contribution in [0.4, 0.5) is 0 Å². The van der Waals surface area contributed by atoms with Crippen LogP contribution >= 0.6 is 11.3 Å². The Morgan fingerprint density at radius 3 is 2.92 bits per heavy atom. The van der Waals surface area contributed by atoms with Gasteiger partial charge in [0.2, 0.25) is 0 Å². The maximum Gasteiger partial charge on any atom is 0.273 e. The fourth-order valence-electron chi connectivity index (χ4n) is 1.30. The summed E-state index contributed by atoms with van der Waals surface area (Å²) < 4.78 is 4.98. The fourth-order valence-corrected chi connectivity index (χ4v) is 1.96. The maximum atomic E-state index is 11.0. The van der Waals surface area contributed by atoms with E-state index in [9.17, 15) is 4.79 Å². The summed E-state index contributed by atoms with van der Waals surface area (Å²) in [5.41, 5.74) is 1.91. The Morgan fingerprint density at radius 1 is 1.54 bits per heavy atom. The van der Waals surface area contributed by atoms with Crippen LogP contribution in [-0.4, -0.2) is 17.9 Å². The number of rotatable bonds is 2. The Hall–Kier alpha value is -1.16. The third kappa shape index (κ3) is 1.62. The molecule has 1 heterocycles. The van der Waals surface area contributed by atoms with Gasteiger partial charge in [-0.25, -0.2) is 4.98 Å². The number of allylic oxidation sites excluding steroid dienone is 2. The highest BCUT2D eigenvalue weighted by Gasteiger charge is 2.15. The summed E-state index contributed by atoms with van der Waals surface area (Å²) >= 11 is 1.45. The quantitative estimate of drug-likeness (QED) is 0.723. The lowest BCUT2D eigenvalue weighted by molar-refractivity contribution is -0.114. The van der Waals surface area contributed by atoms with Crippen LogP contribution < -0.4 is 4.74 Å². The molecule has 0 aromatic carbocycles. The van der Waals surface area contributed by atoms with Crippen LogP contribution in [0.1, 0.15) is 18.5 Å². The van der Waals surface area contributed by atoms with E-state index in [1.807, 2.05) is 5.38 Å². The second-order valence-corrected chi connectivity index (χ2v) is 3.66. The number of carbonyl (C=O) groups excluding carboxylic acids is 1. The lowest BCUT2D eigenvalue weighted by atomic mass is 10.2. The highest BCUT2D eigenvalue weighted by Crippen LogP contribution is 2.29. The van der Waals surface area contributed by atoms with Crippen molar-refractivity contribution in [3.8, 4) is 5.19 Å². The summed E-state index contributed by atoms with van der Waals surface area (Å²) in [4.78, 5) is 15.2. The zero-order chi connectivity index (χ0) is 9.26. The van der Waals surface area contributed by atoms with Crippen LogP contribution in [0.3, 0.4) is 0 Å². The van der Waals surface area contributed by atoms with Gasteiger partial charge >= 0.3 is 0 Å². The minimum absolute atomic E-state index is 0.196. The predicted octanol–water partition coefficient (Wildman–Crippen LogP) is 1.90. The number of hydrogen-bond donors (Lipinski definition) is 0. The van der Waals surface area contributed by atoms with Crippen molar-refractivity contribution in [2.24, 2.45) is 0 Å². The number of aromatic nitrogens is 1. The van der Waals surface area contributed by atoms with E-state index < -0.39 is 0 Å². The van der Waals surface area contributed by atoms with Crippen molar-refractivity contribution < 1.29 is 9.53 Å². The van der Waals surface area contributed by atoms with Gasteiger partial charge in [-0.2, -0.15) is 0 Å². The van der Waals surface area contributed by atoms with Crippen molar-refractivity contribution >= 4 is 22.7 Å². The zero-order valence-corrected chi connectivity index (χ0v) is 8.06. The molecule has 0 N–H and O–H groups in total. The molecule has 0 saturated carbocycles. The van der Waals surface area contributed by atoms with E-state index in [1.54, 1.807) is 13.2 Å². The van der Waals surface area contributed by atoms with Gasteiger partial charge in [-0.3, -0.25) is 4.79 Å². The van der Waals surface area contributed by atoms with Crippen molar-refractivity contribution in [2.45, 2.75) is 12.8 Å². The van der Waals surface area contributed by atoms with Crippen molar-refractivity contribution in [3.63, 3.8) is 0 Å². The smallest absolute Gasteiger partial charge is 0.273 e. The van der Waals surface area contributed by atoms with Gasteiger partial charge in [0, 0.05) is 11.8 Å². The first kappa shape index (κ1) is 8.44. The standard InChI is InChI=1S/C9H9NO2S/c1-12-9-10-8(5-13-9)6-2-3-7(11)4-6/h4-5H,2-3H2,1H3. The molecule has 0 radical (unpaired) electrons. The molecule has 13 heavy (non-hydrogen) atoms. The Kier molecular flexibility index (Phi) is 2.14. The number of ketones is 1. The highest BCUT2D eigenvalue weighted by atomic mass is 32.1. The zero-order valence-electron chi connectivity index (χ0n) is 7.24. The summed E-state index contributed by atoms with van der Waals surface area (Å²) in [6.07, 6.45) is 3.11. The number of carbonyl (C=O) groups is 1. The number of thiazole rings is 1. The molecule has 0 bridgehead atoms. The number of nitrogens with zero attached hydrogens (tertiary/aromatic N) is 1. The molecule has 1 aliphatic rings. The Morgan fingerprint density at radius 2 is 2.38 bits per heavy atom. The van der Waals surface area contributed by atoms with E-state index in [0.717, 1.165) is 17.7 Å². The second-order valence-electron chi connectivity index (χ2n) is 2.84. The Labute approximate surface area is 80.1 Å². The summed E-state index contributed by atoms with van der Waals surface area (Å²) in [6, 6.07) is 0. The van der Waals surface area contributed by atoms with Crippen LogP contribution in [0.2, 0.25) is 0 Å². The van der Waals surface area contributed by atoms with Gasteiger partial charge in [-0.05, 0) is 18.1 Å². The van der Waals surface area contributed by atoms with Crippen molar-refractivity contribution in [3.05, 3.63) is 17.2 Å². The summed E-state index contributed by atoms with van der Waals surface area (Å²) in [5, 5.41) is 2.57. The van der Waals surface area contributed by atoms with Gasteiger partial charge < -0.3 is 4.74 Å². The van der Waals surface area contributed by atoms with Gasteiger partial charge in [-0.1, -0.05) is 11.3 Å². The normalized spacial score (nSPS) is 16.1. The molecule has 0 atom stereocenters. The average molecular weight is 195 g/mol. The van der Waals surface area contributed by atoms with Gasteiger partial charge in [0.1, 0.15) is 0 Å². The highest BCUT2D eigenvalue weighted by molar-refractivity contribution is 7.11. The largest absolute Gasteiger partial charge is 0.473 e. The molecule has 0 unspecified atom stereocenters. The molecule has 4 heteroatoms. The molecule has 2 rings (SSSR count). The van der Waals surface area contributed by atoms with E-state index in [1.165, 1.54) is 11.3 Å². The van der Waals surface area contributed by atoms with E-state index in [2.05, 4.69) is 4.98 Å². The molecule has 0 saturated heterocycles. The fraction of sp³-hybridized carbons (Fsp3) is 0.333. The molecular formula is C9H9NO2S. The monoisotopic (exact) mass is 195 g/mol. The molecular weight excluding hydrogens is 186 g/mol. The predicted molar refractivity (Wildman–Crippen MR) is 50.9 cm³/mol. The van der Waals surface area contributed by atoms with Crippen LogP contribution in [0.15, 0.2) is 11.5 Å². The van der Waals surface area contributed by atoms with Gasteiger partial charge in [0.15, 0.2) is 5.78 Å². The van der Waals surface area contributed by atoms with Gasteiger partial charge in [0.25, 0.3) is 5.19 Å². The topological polar surface area (TPSA) is 39.2 Å². The van der Waals surface area contributed by atoms with Crippen LogP contribution in [0, 0.1) is 0 Å². The van der Waals surface area contributed by atoms with E-state index in [-0.39, 0.29) is 5.78 Å². The van der Waals surface area contributed by atoms with Crippen molar-refractivity contribution in [1.29, 1.82) is 0 Å². The lowest BCUT2D eigenvalue weighted by Gasteiger charge is -1.93. The molecule has 0 fully saturated rings. The summed E-state index contributed by atoms with van der Waals surface area (Å²) in [6.45, 7) is 0. The molecule has 0 aliphatic heterocycles. The number of ether oxygens (including phenoxy) is 1. The Bertz CT molecular complexity index is 367. The third-order valence-corrected chi connectivity index (χ3v) is 2.76. The summed E-state index contributed by atoms with van der Waals surface area (Å²) in [7, 11) is 1.59. The molecule has 1 aliphatic carbocycles. The minimum Gasteiger partial charge on any atom is -0.473 e. The second kappa shape index (κ2) is 3.30. The van der Waals surface area contributed by atoms with Crippen LogP contribution in [0.25, 0.3) is 5.57 Å². The number of methoxy groups -OCH3 is 1. The number of hydrogen-bond acceptors (Lipinski definition) is 4. The van der Waals surface area contributed by atoms with Crippen molar-refractivity contribution in [1.82, 2.24) is 4.98 Å². The first-order valence-electron chi connectivity index (χ1n) is 4.03. The molecule has 0 spiro atoms. The van der Waals surface area contributed by atoms with Crippen LogP contribution in [-0.2, 0) is 4.79 Å². The van der Waals surface area contributed by atoms with Gasteiger partial charge in [0.05, 0.1) is 12.8 Å². The SMILES string of the molecule is COc1nc(C2=CC(=O)CC2)cs1. The van der Waals surface area contributed by atoms with E-state index in [0.29, 0.717) is 11.6 Å². The Balaban J connectivity index is 2.26. The third-order valence-electron chi connectivity index (χ3n) is 1.96. The molecule has 1 aromatic rings. The van der Waals surface area contributed by atoms with E-state index >= 15 is 0 Å². The lowest BCUT2D eigenvalue weighted by Crippen LogP contribution is -1.83. The van der Waals surface area contributed by atoms with Crippen LogP contribution in [0.5, 0.6) is 5.19 Å². The average Bonchev–Trinajstić information content (AvgIpc) is 2.71. The molecule has 3 nitrogen and oxygen atoms in total. The molecule has 1 aromatic heterocycles. The molecule has 68 valence electrons.